The Labute approximate surface area is 139 Å². The van der Waals surface area contributed by atoms with Gasteiger partial charge in [0.15, 0.2) is 0 Å². The van der Waals surface area contributed by atoms with Gasteiger partial charge in [0.2, 0.25) is 0 Å². The minimum Gasteiger partial charge on any atom is -0.427 e. The Bertz CT molecular complexity index is 356. The molecule has 0 aliphatic carbocycles. The van der Waals surface area contributed by atoms with Crippen LogP contribution in [0.15, 0.2) is 0 Å². The zero-order valence-electron chi connectivity index (χ0n) is 16.0. The van der Waals surface area contributed by atoms with Crippen molar-refractivity contribution >= 4 is 15.2 Å². The van der Waals surface area contributed by atoms with E-state index in [1.807, 2.05) is 0 Å². The van der Waals surface area contributed by atoms with Gasteiger partial charge in [-0.25, -0.2) is 0 Å². The smallest absolute Gasteiger partial charge is 0.427 e. The molecule has 3 unspecified atom stereocenters. The maximum Gasteiger partial charge on any atom is 0.455 e. The van der Waals surface area contributed by atoms with Crippen molar-refractivity contribution < 1.29 is 10.0 Å². The first-order valence-electron chi connectivity index (χ1n) is 8.71. The van der Waals surface area contributed by atoms with Crippen molar-refractivity contribution in [3.8, 4) is 6.07 Å². The van der Waals surface area contributed by atoms with Crippen molar-refractivity contribution in [2.24, 2.45) is 11.8 Å². The molecule has 0 spiro atoms. The van der Waals surface area contributed by atoms with Gasteiger partial charge in [0, 0.05) is 11.7 Å². The Hall–Kier alpha value is -0.308. The van der Waals surface area contributed by atoms with E-state index in [0.29, 0.717) is 22.5 Å². The molecule has 0 saturated carbocycles. The predicted octanol–water partition coefficient (Wildman–Crippen LogP) is 4.69. The van der Waals surface area contributed by atoms with Gasteiger partial charge in [0.05, 0.1) is 14.1 Å². The zero-order chi connectivity index (χ0) is 17.8. The van der Waals surface area contributed by atoms with Crippen molar-refractivity contribution in [3.05, 3.63) is 0 Å². The number of hydrogen-bond acceptors (Lipinski definition) is 3. The monoisotopic (exact) mass is 325 g/mol. The lowest BCUT2D eigenvalue weighted by Crippen LogP contribution is -2.53. The maximum atomic E-state index is 9.82. The van der Waals surface area contributed by atoms with Gasteiger partial charge in [-0.1, -0.05) is 78.9 Å². The molecule has 0 amide bonds. The molecular formula is C17H36BNO2Si. The number of nitriles is 1. The van der Waals surface area contributed by atoms with E-state index < -0.39 is 21.0 Å². The lowest BCUT2D eigenvalue weighted by molar-refractivity contribution is 0.347. The molecule has 0 aliphatic heterocycles. The third-order valence-electron chi connectivity index (χ3n) is 5.87. The van der Waals surface area contributed by atoms with Crippen LogP contribution < -0.4 is 0 Å². The molecule has 0 aromatic rings. The van der Waals surface area contributed by atoms with E-state index in [4.69, 9.17) is 0 Å². The molecule has 3 nitrogen and oxygen atoms in total. The van der Waals surface area contributed by atoms with Crippen molar-refractivity contribution in [2.45, 2.75) is 90.3 Å². The summed E-state index contributed by atoms with van der Waals surface area (Å²) in [6.45, 7) is 20.0. The summed E-state index contributed by atoms with van der Waals surface area (Å²) < 4.78 is 0. The standard InChI is InChI=1S/C17H36BNO2Si/c1-11(2)17(16(10-19)15(9)18(20)21)22(12(3)4,13(5)6)14(7)8/h11-17,20-21H,1-9H3. The van der Waals surface area contributed by atoms with Gasteiger partial charge in [-0.05, 0) is 11.5 Å². The summed E-state index contributed by atoms with van der Waals surface area (Å²) in [5, 5.41) is 29.1. The van der Waals surface area contributed by atoms with Crippen LogP contribution in [0, 0.1) is 23.2 Å². The second-order valence-corrected chi connectivity index (χ2v) is 14.3. The van der Waals surface area contributed by atoms with Gasteiger partial charge in [0.1, 0.15) is 0 Å². The highest BCUT2D eigenvalue weighted by Crippen LogP contribution is 2.56. The van der Waals surface area contributed by atoms with Crippen molar-refractivity contribution in [2.75, 3.05) is 0 Å². The van der Waals surface area contributed by atoms with Crippen LogP contribution in [0.1, 0.15) is 62.3 Å². The van der Waals surface area contributed by atoms with Crippen LogP contribution in [0.5, 0.6) is 0 Å². The fourth-order valence-corrected chi connectivity index (χ4v) is 13.6. The van der Waals surface area contributed by atoms with Crippen molar-refractivity contribution in [1.29, 1.82) is 5.26 Å². The highest BCUT2D eigenvalue weighted by Gasteiger charge is 2.54. The summed E-state index contributed by atoms with van der Waals surface area (Å²) in [4.78, 5) is 0. The van der Waals surface area contributed by atoms with Crippen LogP contribution >= 0.6 is 0 Å². The Morgan fingerprint density at radius 1 is 0.818 bits per heavy atom. The zero-order valence-corrected chi connectivity index (χ0v) is 17.0. The summed E-state index contributed by atoms with van der Waals surface area (Å²) in [6.07, 6.45) is 0. The summed E-state index contributed by atoms with van der Waals surface area (Å²) in [6, 6.07) is 2.45. The van der Waals surface area contributed by atoms with Gasteiger partial charge < -0.3 is 10.0 Å². The van der Waals surface area contributed by atoms with Crippen molar-refractivity contribution in [3.63, 3.8) is 0 Å². The molecule has 0 fully saturated rings. The third kappa shape index (κ3) is 3.96. The van der Waals surface area contributed by atoms with Crippen LogP contribution in [-0.4, -0.2) is 25.2 Å². The Morgan fingerprint density at radius 2 is 1.18 bits per heavy atom. The fraction of sp³-hybridized carbons (Fsp3) is 0.941. The SMILES string of the molecule is CC(C)C(C(C#N)C(C)B(O)O)[Si](C(C)C)(C(C)C)C(C)C. The molecule has 128 valence electrons. The van der Waals surface area contributed by atoms with Gasteiger partial charge in [-0.3, -0.25) is 0 Å². The molecule has 0 saturated heterocycles. The molecule has 0 aliphatic rings. The lowest BCUT2D eigenvalue weighted by atomic mass is 9.65. The molecule has 0 radical (unpaired) electrons. The van der Waals surface area contributed by atoms with Crippen LogP contribution in [-0.2, 0) is 0 Å². The molecule has 0 aromatic heterocycles. The highest BCUT2D eigenvalue weighted by molar-refractivity contribution is 6.85. The van der Waals surface area contributed by atoms with E-state index in [1.165, 1.54) is 0 Å². The molecule has 0 heterocycles. The summed E-state index contributed by atoms with van der Waals surface area (Å²) in [7, 11) is -3.28. The molecule has 5 heteroatoms. The van der Waals surface area contributed by atoms with Crippen LogP contribution in [0.2, 0.25) is 28.0 Å². The quantitative estimate of drug-likeness (QED) is 0.636. The van der Waals surface area contributed by atoms with Crippen LogP contribution in [0.3, 0.4) is 0 Å². The summed E-state index contributed by atoms with van der Waals surface area (Å²) in [5.41, 5.74) is 1.92. The Kier molecular flexibility index (Phi) is 8.40. The molecule has 0 aromatic carbocycles. The average molecular weight is 325 g/mol. The van der Waals surface area contributed by atoms with E-state index >= 15 is 0 Å². The fourth-order valence-electron chi connectivity index (χ4n) is 5.17. The summed E-state index contributed by atoms with van der Waals surface area (Å²) in [5.74, 6) is -0.357. The molecule has 3 atom stereocenters. The molecule has 2 N–H and O–H groups in total. The van der Waals surface area contributed by atoms with E-state index in [0.717, 1.165) is 0 Å². The molecule has 22 heavy (non-hydrogen) atoms. The van der Waals surface area contributed by atoms with E-state index in [-0.39, 0.29) is 11.5 Å². The molecule has 0 rings (SSSR count). The normalized spacial score (nSPS) is 17.0. The predicted molar refractivity (Wildman–Crippen MR) is 98.4 cm³/mol. The minimum absolute atomic E-state index is 0.259. The average Bonchev–Trinajstić information content (AvgIpc) is 2.36. The molecular weight excluding hydrogens is 289 g/mol. The Morgan fingerprint density at radius 3 is 1.36 bits per heavy atom. The Balaban J connectivity index is 6.23. The first kappa shape index (κ1) is 21.7. The second kappa shape index (κ2) is 8.52. The topological polar surface area (TPSA) is 64.2 Å². The highest BCUT2D eigenvalue weighted by atomic mass is 28.3. The van der Waals surface area contributed by atoms with Gasteiger partial charge in [-0.15, -0.1) is 0 Å². The van der Waals surface area contributed by atoms with E-state index in [2.05, 4.69) is 61.5 Å². The molecule has 0 bridgehead atoms. The van der Waals surface area contributed by atoms with E-state index in [9.17, 15) is 15.3 Å². The largest absolute Gasteiger partial charge is 0.455 e. The third-order valence-corrected chi connectivity index (χ3v) is 14.0. The van der Waals surface area contributed by atoms with Gasteiger partial charge >= 0.3 is 7.12 Å². The summed E-state index contributed by atoms with van der Waals surface area (Å²) >= 11 is 0. The van der Waals surface area contributed by atoms with Crippen LogP contribution in [0.25, 0.3) is 0 Å². The van der Waals surface area contributed by atoms with Crippen molar-refractivity contribution in [1.82, 2.24) is 0 Å². The first-order chi connectivity index (χ1) is 9.95. The second-order valence-electron chi connectivity index (χ2n) is 8.16. The lowest BCUT2D eigenvalue weighted by Gasteiger charge is -2.53. The first-order valence-corrected chi connectivity index (χ1v) is 11.0. The maximum absolute atomic E-state index is 9.82. The number of rotatable bonds is 8. The number of nitrogens with zero attached hydrogens (tertiary/aromatic N) is 1. The van der Waals surface area contributed by atoms with E-state index in [1.54, 1.807) is 6.92 Å². The number of hydrogen-bond donors (Lipinski definition) is 2. The van der Waals surface area contributed by atoms with Crippen LogP contribution in [0.4, 0.5) is 0 Å². The van der Waals surface area contributed by atoms with Gasteiger partial charge in [-0.2, -0.15) is 5.26 Å². The minimum atomic E-state index is -1.86. The van der Waals surface area contributed by atoms with Gasteiger partial charge in [0.25, 0.3) is 0 Å².